The van der Waals surface area contributed by atoms with Crippen LogP contribution in [0.25, 0.3) is 0 Å². The quantitative estimate of drug-likeness (QED) is 0.702. The first kappa shape index (κ1) is 19.2. The molecule has 6 nitrogen and oxygen atoms in total. The van der Waals surface area contributed by atoms with Gasteiger partial charge in [0.05, 0.1) is 0 Å². The first-order valence-electron chi connectivity index (χ1n) is 6.87. The number of alkyl halides is 3. The Morgan fingerprint density at radius 1 is 1.39 bits per heavy atom. The van der Waals surface area contributed by atoms with E-state index in [1.807, 2.05) is 0 Å². The summed E-state index contributed by atoms with van der Waals surface area (Å²) in [5, 5.41) is 6.64. The van der Waals surface area contributed by atoms with Crippen LogP contribution in [-0.2, 0) is 9.53 Å². The van der Waals surface area contributed by atoms with Gasteiger partial charge in [0, 0.05) is 11.9 Å². The number of rotatable bonds is 8. The van der Waals surface area contributed by atoms with Gasteiger partial charge < -0.3 is 15.4 Å². The summed E-state index contributed by atoms with van der Waals surface area (Å²) in [4.78, 5) is 26.7. The van der Waals surface area contributed by atoms with Crippen LogP contribution in [0.3, 0.4) is 0 Å². The van der Waals surface area contributed by atoms with Gasteiger partial charge in [0.25, 0.3) is 5.91 Å². The molecule has 0 aliphatic rings. The third-order valence-corrected chi connectivity index (χ3v) is 3.33. The topological polar surface area (TPSA) is 80.3 Å². The third kappa shape index (κ3) is 8.38. The van der Waals surface area contributed by atoms with Crippen LogP contribution in [0.4, 0.5) is 18.3 Å². The zero-order valence-electron chi connectivity index (χ0n) is 12.7. The molecule has 1 heterocycles. The number of anilines is 1. The Labute approximate surface area is 135 Å². The molecule has 0 spiro atoms. The number of esters is 1. The van der Waals surface area contributed by atoms with Gasteiger partial charge in [-0.2, -0.15) is 13.2 Å². The van der Waals surface area contributed by atoms with Crippen molar-refractivity contribution in [1.29, 1.82) is 0 Å². The molecule has 0 aliphatic carbocycles. The summed E-state index contributed by atoms with van der Waals surface area (Å²) < 4.78 is 40.3. The van der Waals surface area contributed by atoms with E-state index in [2.05, 4.69) is 28.9 Å². The minimum Gasteiger partial charge on any atom is -0.451 e. The highest BCUT2D eigenvalue weighted by Crippen LogP contribution is 2.16. The van der Waals surface area contributed by atoms with Crippen LogP contribution < -0.4 is 10.6 Å². The predicted molar refractivity (Wildman–Crippen MR) is 79.4 cm³/mol. The molecule has 0 saturated carbocycles. The van der Waals surface area contributed by atoms with Gasteiger partial charge in [0.1, 0.15) is 6.54 Å². The van der Waals surface area contributed by atoms with Crippen molar-refractivity contribution in [1.82, 2.24) is 10.3 Å². The average molecular weight is 353 g/mol. The summed E-state index contributed by atoms with van der Waals surface area (Å²) >= 11 is 1.21. The van der Waals surface area contributed by atoms with Crippen molar-refractivity contribution in [2.75, 3.05) is 25.0 Å². The van der Waals surface area contributed by atoms with Crippen molar-refractivity contribution in [3.05, 3.63) is 11.1 Å². The maximum absolute atomic E-state index is 11.9. The first-order chi connectivity index (χ1) is 10.7. The molecule has 0 bridgehead atoms. The van der Waals surface area contributed by atoms with E-state index in [0.29, 0.717) is 17.6 Å². The molecule has 1 rings (SSSR count). The fourth-order valence-electron chi connectivity index (χ4n) is 1.37. The molecule has 0 atom stereocenters. The number of aromatic nitrogens is 1. The van der Waals surface area contributed by atoms with Gasteiger partial charge in [-0.3, -0.25) is 4.79 Å². The van der Waals surface area contributed by atoms with Crippen molar-refractivity contribution in [3.63, 3.8) is 0 Å². The lowest BCUT2D eigenvalue weighted by molar-refractivity contribution is -0.140. The zero-order chi connectivity index (χ0) is 17.5. The summed E-state index contributed by atoms with van der Waals surface area (Å²) in [5.41, 5.74) is 0.00525. The van der Waals surface area contributed by atoms with Crippen molar-refractivity contribution >= 4 is 28.3 Å². The van der Waals surface area contributed by atoms with E-state index in [9.17, 15) is 22.8 Å². The number of nitrogens with zero attached hydrogens (tertiary/aromatic N) is 1. The Kier molecular flexibility index (Phi) is 7.27. The molecule has 2 N–H and O–H groups in total. The molecule has 0 fully saturated rings. The Bertz CT molecular complexity index is 532. The molecular formula is C13H18F3N3O3S. The van der Waals surface area contributed by atoms with E-state index >= 15 is 0 Å². The maximum Gasteiger partial charge on any atom is 0.405 e. The Morgan fingerprint density at radius 2 is 2.09 bits per heavy atom. The minimum absolute atomic E-state index is 0.00525. The van der Waals surface area contributed by atoms with Crippen LogP contribution in [-0.4, -0.2) is 42.7 Å². The molecule has 0 radical (unpaired) electrons. The van der Waals surface area contributed by atoms with Gasteiger partial charge in [-0.1, -0.05) is 13.8 Å². The highest BCUT2D eigenvalue weighted by molar-refractivity contribution is 7.13. The van der Waals surface area contributed by atoms with Gasteiger partial charge in [0.2, 0.25) is 0 Å². The van der Waals surface area contributed by atoms with Crippen LogP contribution in [0.2, 0.25) is 0 Å². The van der Waals surface area contributed by atoms with Crippen molar-refractivity contribution in [3.8, 4) is 0 Å². The third-order valence-electron chi connectivity index (χ3n) is 2.53. The fourth-order valence-corrected chi connectivity index (χ4v) is 2.08. The van der Waals surface area contributed by atoms with Gasteiger partial charge in [-0.15, -0.1) is 11.3 Å². The van der Waals surface area contributed by atoms with Crippen molar-refractivity contribution in [2.45, 2.75) is 26.4 Å². The van der Waals surface area contributed by atoms with Gasteiger partial charge in [0.15, 0.2) is 17.4 Å². The van der Waals surface area contributed by atoms with E-state index < -0.39 is 31.2 Å². The van der Waals surface area contributed by atoms with Crippen molar-refractivity contribution < 1.29 is 27.5 Å². The normalized spacial score (nSPS) is 11.4. The lowest BCUT2D eigenvalue weighted by Crippen LogP contribution is -2.36. The Balaban J connectivity index is 2.35. The predicted octanol–water partition coefficient (Wildman–Crippen LogP) is 2.44. The number of nitrogens with one attached hydrogen (secondary N) is 2. The molecule has 10 heteroatoms. The number of hydrogen-bond donors (Lipinski definition) is 2. The second-order valence-corrected chi connectivity index (χ2v) is 5.97. The summed E-state index contributed by atoms with van der Waals surface area (Å²) in [6.07, 6.45) is -3.57. The summed E-state index contributed by atoms with van der Waals surface area (Å²) in [6, 6.07) is 0. The number of amides is 1. The second-order valence-electron chi connectivity index (χ2n) is 5.12. The smallest absolute Gasteiger partial charge is 0.405 e. The number of halogens is 3. The molecular weight excluding hydrogens is 335 g/mol. The monoisotopic (exact) mass is 353 g/mol. The molecule has 0 saturated heterocycles. The number of ether oxygens (including phenoxy) is 1. The Morgan fingerprint density at radius 3 is 2.70 bits per heavy atom. The van der Waals surface area contributed by atoms with Crippen LogP contribution >= 0.6 is 11.3 Å². The number of carbonyl (C=O) groups is 2. The molecule has 0 unspecified atom stereocenters. The number of hydrogen-bond acceptors (Lipinski definition) is 6. The van der Waals surface area contributed by atoms with Crippen molar-refractivity contribution in [2.24, 2.45) is 5.92 Å². The number of carbonyl (C=O) groups excluding carboxylic acids is 2. The zero-order valence-corrected chi connectivity index (χ0v) is 13.5. The Hall–Kier alpha value is -1.84. The van der Waals surface area contributed by atoms with Gasteiger partial charge in [-0.25, -0.2) is 9.78 Å². The molecule has 0 aromatic carbocycles. The minimum atomic E-state index is -4.51. The molecule has 23 heavy (non-hydrogen) atoms. The van der Waals surface area contributed by atoms with E-state index in [0.717, 1.165) is 6.42 Å². The van der Waals surface area contributed by atoms with E-state index in [1.165, 1.54) is 16.7 Å². The SMILES string of the molecule is CC(C)CCNc1nc(C(=O)OCC(=O)NCC(F)(F)F)cs1. The molecule has 1 aromatic heterocycles. The van der Waals surface area contributed by atoms with Gasteiger partial charge >= 0.3 is 12.1 Å². The van der Waals surface area contributed by atoms with Crippen LogP contribution in [0.1, 0.15) is 30.8 Å². The second kappa shape index (κ2) is 8.70. The summed E-state index contributed by atoms with van der Waals surface area (Å²) in [5.74, 6) is -1.36. The molecule has 0 aliphatic heterocycles. The average Bonchev–Trinajstić information content (AvgIpc) is 2.90. The molecule has 1 aromatic rings. The molecule has 130 valence electrons. The van der Waals surface area contributed by atoms with E-state index in [4.69, 9.17) is 0 Å². The maximum atomic E-state index is 11.9. The van der Waals surface area contributed by atoms with E-state index in [1.54, 1.807) is 5.32 Å². The van der Waals surface area contributed by atoms with Crippen LogP contribution in [0.5, 0.6) is 0 Å². The highest BCUT2D eigenvalue weighted by atomic mass is 32.1. The lowest BCUT2D eigenvalue weighted by atomic mass is 10.1. The summed E-state index contributed by atoms with van der Waals surface area (Å²) in [7, 11) is 0. The number of thiazole rings is 1. The van der Waals surface area contributed by atoms with Gasteiger partial charge in [-0.05, 0) is 12.3 Å². The lowest BCUT2D eigenvalue weighted by Gasteiger charge is -2.08. The largest absolute Gasteiger partial charge is 0.451 e. The standard InChI is InChI=1S/C13H18F3N3O3S/c1-8(2)3-4-17-12-19-9(6-23-12)11(21)22-5-10(20)18-7-13(14,15)16/h6,8H,3-5,7H2,1-2H3,(H,17,19)(H,18,20). The summed E-state index contributed by atoms with van der Waals surface area (Å²) in [6.45, 7) is 2.61. The van der Waals surface area contributed by atoms with Crippen LogP contribution in [0, 0.1) is 5.92 Å². The van der Waals surface area contributed by atoms with E-state index in [-0.39, 0.29) is 5.69 Å². The van der Waals surface area contributed by atoms with Crippen LogP contribution in [0.15, 0.2) is 5.38 Å². The fraction of sp³-hybridized carbons (Fsp3) is 0.615. The molecule has 1 amide bonds. The first-order valence-corrected chi connectivity index (χ1v) is 7.75. The highest BCUT2D eigenvalue weighted by Gasteiger charge is 2.27.